The zero-order valence-corrected chi connectivity index (χ0v) is 16.5. The van der Waals surface area contributed by atoms with E-state index in [1.54, 1.807) is 24.3 Å². The van der Waals surface area contributed by atoms with Gasteiger partial charge in [0.05, 0.1) is 5.69 Å². The molecule has 0 radical (unpaired) electrons. The number of nitrogens with one attached hydrogen (secondary N) is 1. The van der Waals surface area contributed by atoms with E-state index in [-0.39, 0.29) is 11.6 Å². The van der Waals surface area contributed by atoms with Crippen molar-refractivity contribution in [3.8, 4) is 0 Å². The van der Waals surface area contributed by atoms with Crippen molar-refractivity contribution in [2.45, 2.75) is 40.3 Å². The molecule has 0 spiro atoms. The molecule has 0 bridgehead atoms. The number of benzene rings is 1. The molecule has 27 heavy (non-hydrogen) atoms. The van der Waals surface area contributed by atoms with E-state index < -0.39 is 0 Å². The lowest BCUT2D eigenvalue weighted by Gasteiger charge is -2.26. The number of anilines is 1. The Bertz CT molecular complexity index is 992. The van der Waals surface area contributed by atoms with Crippen LogP contribution in [0.15, 0.2) is 28.8 Å². The second-order valence-electron chi connectivity index (χ2n) is 7.06. The number of nitrogens with zero attached hydrogens (tertiary/aromatic N) is 3. The lowest BCUT2D eigenvalue weighted by atomic mass is 10.0. The summed E-state index contributed by atoms with van der Waals surface area (Å²) in [6, 6.07) is 8.23. The second-order valence-corrected chi connectivity index (χ2v) is 8.14. The van der Waals surface area contributed by atoms with Crippen LogP contribution in [0.5, 0.6) is 0 Å². The fourth-order valence-corrected chi connectivity index (χ4v) is 4.33. The predicted octanol–water partition coefficient (Wildman–Crippen LogP) is 3.87. The van der Waals surface area contributed by atoms with Crippen LogP contribution in [-0.4, -0.2) is 27.5 Å². The first-order valence-electron chi connectivity index (χ1n) is 8.99. The summed E-state index contributed by atoms with van der Waals surface area (Å²) in [5.41, 5.74) is 5.35. The predicted molar refractivity (Wildman–Crippen MR) is 105 cm³/mol. The molecule has 1 aliphatic rings. The molecule has 3 heterocycles. The summed E-state index contributed by atoms with van der Waals surface area (Å²) < 4.78 is 4.96. The van der Waals surface area contributed by atoms with Crippen molar-refractivity contribution < 1.29 is 9.32 Å². The van der Waals surface area contributed by atoms with Crippen LogP contribution in [0.1, 0.15) is 43.5 Å². The first-order chi connectivity index (χ1) is 13.0. The second kappa shape index (κ2) is 7.25. The minimum absolute atomic E-state index is 0.275. The average Bonchev–Trinajstić information content (AvgIpc) is 3.23. The third-order valence-electron chi connectivity index (χ3n) is 4.79. The Labute approximate surface area is 162 Å². The molecule has 1 N–H and O–H groups in total. The summed E-state index contributed by atoms with van der Waals surface area (Å²) in [5, 5.41) is 7.21. The topological polar surface area (TPSA) is 71.3 Å². The summed E-state index contributed by atoms with van der Waals surface area (Å²) in [6.45, 7) is 8.82. The number of fused-ring (bicyclic) bond motifs is 1. The summed E-state index contributed by atoms with van der Waals surface area (Å²) in [4.78, 5) is 20.5. The number of carbonyl (C=O) groups is 1. The Morgan fingerprint density at radius 2 is 2.15 bits per heavy atom. The maximum atomic E-state index is 12.2. The molecule has 0 saturated heterocycles. The van der Waals surface area contributed by atoms with E-state index >= 15 is 0 Å². The molecular weight excluding hydrogens is 360 g/mol. The SMILES string of the molecule is Cc1ccc(C)c(CN2CCc3nc(NC(=O)c4cc(C)on4)sc3C2)c1. The van der Waals surface area contributed by atoms with E-state index in [1.165, 1.54) is 21.6 Å². The number of thiazole rings is 1. The van der Waals surface area contributed by atoms with E-state index in [0.717, 1.165) is 31.7 Å². The number of rotatable bonds is 4. The summed E-state index contributed by atoms with van der Waals surface area (Å²) >= 11 is 1.54. The van der Waals surface area contributed by atoms with Gasteiger partial charge in [0.1, 0.15) is 5.76 Å². The number of aromatic nitrogens is 2. The standard InChI is InChI=1S/C20H22N4O2S/c1-12-4-5-13(2)15(8-12)10-24-7-6-16-18(11-24)27-20(21-16)22-19(25)17-9-14(3)26-23-17/h4-5,8-9H,6-7,10-11H2,1-3H3,(H,21,22,25). The van der Waals surface area contributed by atoms with E-state index in [0.29, 0.717) is 10.9 Å². The van der Waals surface area contributed by atoms with Crippen LogP contribution in [0, 0.1) is 20.8 Å². The lowest BCUT2D eigenvalue weighted by molar-refractivity contribution is 0.101. The fourth-order valence-electron chi connectivity index (χ4n) is 3.28. The molecule has 7 heteroatoms. The highest BCUT2D eigenvalue weighted by molar-refractivity contribution is 7.15. The Balaban J connectivity index is 1.44. The molecule has 1 amide bonds. The van der Waals surface area contributed by atoms with Gasteiger partial charge in [-0.1, -0.05) is 28.9 Å². The Hall–Kier alpha value is -2.51. The first kappa shape index (κ1) is 17.9. The van der Waals surface area contributed by atoms with Crippen LogP contribution in [0.25, 0.3) is 0 Å². The average molecular weight is 382 g/mol. The molecule has 0 aliphatic carbocycles. The third kappa shape index (κ3) is 3.94. The number of aryl methyl sites for hydroxylation is 3. The Morgan fingerprint density at radius 1 is 1.30 bits per heavy atom. The largest absolute Gasteiger partial charge is 0.361 e. The highest BCUT2D eigenvalue weighted by atomic mass is 32.1. The number of amides is 1. The van der Waals surface area contributed by atoms with Gasteiger partial charge in [-0.05, 0) is 31.9 Å². The Morgan fingerprint density at radius 3 is 2.93 bits per heavy atom. The van der Waals surface area contributed by atoms with Gasteiger partial charge in [-0.15, -0.1) is 11.3 Å². The van der Waals surface area contributed by atoms with Gasteiger partial charge in [-0.25, -0.2) is 4.98 Å². The maximum Gasteiger partial charge on any atom is 0.279 e. The van der Waals surface area contributed by atoms with Gasteiger partial charge in [-0.3, -0.25) is 15.0 Å². The Kier molecular flexibility index (Phi) is 4.80. The number of carbonyl (C=O) groups excluding carboxylic acids is 1. The molecule has 2 aromatic heterocycles. The minimum Gasteiger partial charge on any atom is -0.361 e. The normalized spacial score (nSPS) is 14.2. The van der Waals surface area contributed by atoms with Crippen molar-refractivity contribution in [3.05, 3.63) is 63.0 Å². The number of hydrogen-bond acceptors (Lipinski definition) is 6. The summed E-state index contributed by atoms with van der Waals surface area (Å²) in [7, 11) is 0. The zero-order valence-electron chi connectivity index (χ0n) is 15.7. The van der Waals surface area contributed by atoms with Crippen molar-refractivity contribution in [2.75, 3.05) is 11.9 Å². The van der Waals surface area contributed by atoms with Crippen molar-refractivity contribution in [2.24, 2.45) is 0 Å². The van der Waals surface area contributed by atoms with Gasteiger partial charge < -0.3 is 4.52 Å². The van der Waals surface area contributed by atoms with Gasteiger partial charge in [0.25, 0.3) is 5.91 Å². The quantitative estimate of drug-likeness (QED) is 0.742. The number of hydrogen-bond donors (Lipinski definition) is 1. The molecule has 0 unspecified atom stereocenters. The van der Waals surface area contributed by atoms with Gasteiger partial charge >= 0.3 is 0 Å². The molecule has 4 rings (SSSR count). The molecule has 1 aromatic carbocycles. The molecule has 6 nitrogen and oxygen atoms in total. The molecule has 0 fully saturated rings. The lowest BCUT2D eigenvalue weighted by Crippen LogP contribution is -2.29. The molecule has 0 atom stereocenters. The van der Waals surface area contributed by atoms with Crippen molar-refractivity contribution >= 4 is 22.4 Å². The molecule has 0 saturated carbocycles. The van der Waals surface area contributed by atoms with Gasteiger partial charge in [-0.2, -0.15) is 0 Å². The molecule has 3 aromatic rings. The summed E-state index contributed by atoms with van der Waals surface area (Å²) in [6.07, 6.45) is 0.898. The first-order valence-corrected chi connectivity index (χ1v) is 9.81. The molecule has 1 aliphatic heterocycles. The van der Waals surface area contributed by atoms with Crippen LogP contribution in [0.4, 0.5) is 5.13 Å². The highest BCUT2D eigenvalue weighted by Crippen LogP contribution is 2.29. The van der Waals surface area contributed by atoms with Crippen LogP contribution in [0.2, 0.25) is 0 Å². The van der Waals surface area contributed by atoms with Crippen molar-refractivity contribution in [1.29, 1.82) is 0 Å². The van der Waals surface area contributed by atoms with E-state index in [4.69, 9.17) is 4.52 Å². The van der Waals surface area contributed by atoms with Crippen LogP contribution in [0.3, 0.4) is 0 Å². The fraction of sp³-hybridized carbons (Fsp3) is 0.350. The van der Waals surface area contributed by atoms with Crippen LogP contribution < -0.4 is 5.32 Å². The highest BCUT2D eigenvalue weighted by Gasteiger charge is 2.22. The smallest absolute Gasteiger partial charge is 0.279 e. The molecule has 140 valence electrons. The van der Waals surface area contributed by atoms with Crippen LogP contribution in [-0.2, 0) is 19.5 Å². The molecular formula is C20H22N4O2S. The minimum atomic E-state index is -0.287. The third-order valence-corrected chi connectivity index (χ3v) is 5.79. The van der Waals surface area contributed by atoms with Crippen molar-refractivity contribution in [3.63, 3.8) is 0 Å². The van der Waals surface area contributed by atoms with Crippen molar-refractivity contribution in [1.82, 2.24) is 15.0 Å². The zero-order chi connectivity index (χ0) is 19.0. The van der Waals surface area contributed by atoms with Gasteiger partial charge in [0.15, 0.2) is 10.8 Å². The van der Waals surface area contributed by atoms with Crippen LogP contribution >= 0.6 is 11.3 Å². The van der Waals surface area contributed by atoms with E-state index in [9.17, 15) is 4.79 Å². The maximum absolute atomic E-state index is 12.2. The van der Waals surface area contributed by atoms with Gasteiger partial charge in [0, 0.05) is 37.0 Å². The monoisotopic (exact) mass is 382 g/mol. The summed E-state index contributed by atoms with van der Waals surface area (Å²) in [5.74, 6) is 0.325. The van der Waals surface area contributed by atoms with E-state index in [1.807, 2.05) is 0 Å². The van der Waals surface area contributed by atoms with Gasteiger partial charge in [0.2, 0.25) is 0 Å². The van der Waals surface area contributed by atoms with E-state index in [2.05, 4.69) is 52.4 Å².